The molecule has 14 heteroatoms. The van der Waals surface area contributed by atoms with Crippen LogP contribution in [0.25, 0.3) is 0 Å². The summed E-state index contributed by atoms with van der Waals surface area (Å²) in [7, 11) is 0. The maximum absolute atomic E-state index is 14.1. The van der Waals surface area contributed by atoms with Gasteiger partial charge in [-0.25, -0.2) is 22.0 Å². The van der Waals surface area contributed by atoms with Crippen molar-refractivity contribution in [3.63, 3.8) is 0 Å². The van der Waals surface area contributed by atoms with Gasteiger partial charge < -0.3 is 14.7 Å². The summed E-state index contributed by atoms with van der Waals surface area (Å²) in [5.74, 6) is -10.8. The Morgan fingerprint density at radius 2 is 1.42 bits per heavy atom. The number of nitrogens with one attached hydrogen (secondary N) is 1. The molecule has 36 heavy (non-hydrogen) atoms. The predicted molar refractivity (Wildman–Crippen MR) is 125 cm³/mol. The van der Waals surface area contributed by atoms with Gasteiger partial charge >= 0.3 is 0 Å². The highest BCUT2D eigenvalue weighted by molar-refractivity contribution is 7.80. The second-order valence-corrected chi connectivity index (χ2v) is 8.69. The molecule has 2 aliphatic heterocycles. The van der Waals surface area contributed by atoms with Crippen LogP contribution < -0.4 is 15.1 Å². The van der Waals surface area contributed by atoms with Gasteiger partial charge in [-0.2, -0.15) is 0 Å². The fourth-order valence-electron chi connectivity index (χ4n) is 4.29. The van der Waals surface area contributed by atoms with E-state index in [-0.39, 0.29) is 42.5 Å². The van der Waals surface area contributed by atoms with E-state index in [1.807, 2.05) is 4.90 Å². The molecule has 2 aliphatic rings. The van der Waals surface area contributed by atoms with Crippen molar-refractivity contribution in [3.05, 3.63) is 63.0 Å². The first-order valence-corrected chi connectivity index (χ1v) is 11.4. The Hall–Kier alpha value is -3.55. The Labute approximate surface area is 207 Å². The molecular formula is C22H20F5N5O3S. The highest BCUT2D eigenvalue weighted by Crippen LogP contribution is 2.32. The van der Waals surface area contributed by atoms with Crippen LogP contribution in [0.4, 0.5) is 39.0 Å². The SMILES string of the molecule is O=C(NC(=S)N1CCN(c2c(F)c(F)c(F)c(F)c2F)CC1)c1ccc(N2CCCC2)c([N+](=O)[O-])c1. The lowest BCUT2D eigenvalue weighted by Gasteiger charge is -2.37. The van der Waals surface area contributed by atoms with Gasteiger partial charge in [0.25, 0.3) is 11.6 Å². The van der Waals surface area contributed by atoms with E-state index in [0.717, 1.165) is 17.7 Å². The summed E-state index contributed by atoms with van der Waals surface area (Å²) in [6.45, 7) is 1.15. The zero-order chi connectivity index (χ0) is 26.1. The summed E-state index contributed by atoms with van der Waals surface area (Å²) in [5, 5.41) is 14.0. The summed E-state index contributed by atoms with van der Waals surface area (Å²) in [6.07, 6.45) is 1.84. The van der Waals surface area contributed by atoms with Gasteiger partial charge in [0, 0.05) is 50.9 Å². The topological polar surface area (TPSA) is 82.0 Å². The van der Waals surface area contributed by atoms with Crippen molar-refractivity contribution in [1.82, 2.24) is 10.2 Å². The molecule has 2 fully saturated rings. The number of thiocarbonyl (C=S) groups is 1. The van der Waals surface area contributed by atoms with Crippen molar-refractivity contribution < 1.29 is 31.7 Å². The van der Waals surface area contributed by atoms with Crippen LogP contribution in [-0.2, 0) is 0 Å². The number of piperazine rings is 1. The monoisotopic (exact) mass is 529 g/mol. The molecule has 1 N–H and O–H groups in total. The van der Waals surface area contributed by atoms with Crippen molar-refractivity contribution >= 4 is 40.3 Å². The molecule has 0 unspecified atom stereocenters. The van der Waals surface area contributed by atoms with E-state index in [9.17, 15) is 36.9 Å². The van der Waals surface area contributed by atoms with Crippen LogP contribution in [0.1, 0.15) is 23.2 Å². The number of anilines is 2. The number of nitrogens with zero attached hydrogens (tertiary/aromatic N) is 4. The maximum Gasteiger partial charge on any atom is 0.293 e. The Morgan fingerprint density at radius 1 is 0.861 bits per heavy atom. The second-order valence-electron chi connectivity index (χ2n) is 8.31. The number of carbonyl (C=O) groups excluding carboxylic acids is 1. The maximum atomic E-state index is 14.1. The minimum atomic E-state index is -2.23. The molecule has 0 spiro atoms. The van der Waals surface area contributed by atoms with Crippen LogP contribution in [0.3, 0.4) is 0 Å². The fraction of sp³-hybridized carbons (Fsp3) is 0.364. The van der Waals surface area contributed by atoms with Gasteiger partial charge in [-0.15, -0.1) is 0 Å². The fourth-order valence-corrected chi connectivity index (χ4v) is 4.56. The molecule has 4 rings (SSSR count). The van der Waals surface area contributed by atoms with Crippen molar-refractivity contribution in [3.8, 4) is 0 Å². The van der Waals surface area contributed by atoms with E-state index in [1.54, 1.807) is 0 Å². The van der Waals surface area contributed by atoms with Gasteiger partial charge in [-0.3, -0.25) is 20.2 Å². The molecule has 0 radical (unpaired) electrons. The number of halogens is 5. The first kappa shape index (κ1) is 25.5. The molecular weight excluding hydrogens is 509 g/mol. The molecule has 0 aromatic heterocycles. The van der Waals surface area contributed by atoms with Gasteiger partial charge in [0.1, 0.15) is 11.4 Å². The number of nitro benzene ring substituents is 1. The third kappa shape index (κ3) is 4.76. The Bertz CT molecular complexity index is 1200. The van der Waals surface area contributed by atoms with Crippen LogP contribution in [0.15, 0.2) is 18.2 Å². The van der Waals surface area contributed by atoms with Crippen molar-refractivity contribution in [1.29, 1.82) is 0 Å². The number of nitro groups is 1. The first-order chi connectivity index (χ1) is 17.1. The van der Waals surface area contributed by atoms with Gasteiger partial charge in [-0.05, 0) is 37.2 Å². The molecule has 2 aromatic rings. The van der Waals surface area contributed by atoms with Crippen molar-refractivity contribution in [2.45, 2.75) is 12.8 Å². The molecule has 0 saturated carbocycles. The molecule has 1 amide bonds. The first-order valence-electron chi connectivity index (χ1n) is 11.0. The molecule has 2 saturated heterocycles. The summed E-state index contributed by atoms with van der Waals surface area (Å²) in [5.41, 5.74) is -0.772. The van der Waals surface area contributed by atoms with E-state index < -0.39 is 45.6 Å². The molecule has 8 nitrogen and oxygen atoms in total. The summed E-state index contributed by atoms with van der Waals surface area (Å²) in [6, 6.07) is 4.15. The van der Waals surface area contributed by atoms with Crippen LogP contribution in [0.5, 0.6) is 0 Å². The van der Waals surface area contributed by atoms with E-state index in [4.69, 9.17) is 12.2 Å². The molecule has 0 atom stereocenters. The average Bonchev–Trinajstić information content (AvgIpc) is 3.41. The zero-order valence-corrected chi connectivity index (χ0v) is 19.5. The van der Waals surface area contributed by atoms with Crippen LogP contribution in [0.2, 0.25) is 0 Å². The Kier molecular flexibility index (Phi) is 7.24. The second kappa shape index (κ2) is 10.2. The normalized spacial score (nSPS) is 15.9. The number of hydrogen-bond donors (Lipinski definition) is 1. The van der Waals surface area contributed by atoms with Crippen LogP contribution in [0, 0.1) is 39.2 Å². The van der Waals surface area contributed by atoms with Gasteiger partial charge in [0.05, 0.1) is 4.92 Å². The Morgan fingerprint density at radius 3 is 1.97 bits per heavy atom. The molecule has 192 valence electrons. The lowest BCUT2D eigenvalue weighted by molar-refractivity contribution is -0.384. The van der Waals surface area contributed by atoms with Crippen LogP contribution in [-0.4, -0.2) is 60.1 Å². The number of amides is 1. The molecule has 2 heterocycles. The van der Waals surface area contributed by atoms with E-state index in [2.05, 4.69) is 5.32 Å². The highest BCUT2D eigenvalue weighted by Gasteiger charge is 2.31. The summed E-state index contributed by atoms with van der Waals surface area (Å²) in [4.78, 5) is 28.1. The van der Waals surface area contributed by atoms with Crippen molar-refractivity contribution in [2.24, 2.45) is 0 Å². The standard InChI is InChI=1S/C22H20F5N5O3S/c23-15-16(24)18(26)20(19(27)17(15)25)30-7-9-31(10-8-30)22(36)28-21(33)12-3-4-13(14(11-12)32(34)35)29-5-1-2-6-29/h3-4,11H,1-2,5-10H2,(H,28,33,36). The zero-order valence-electron chi connectivity index (χ0n) is 18.7. The number of carbonyl (C=O) groups is 1. The lowest BCUT2D eigenvalue weighted by atomic mass is 10.1. The van der Waals surface area contributed by atoms with Gasteiger partial charge in [0.2, 0.25) is 5.82 Å². The number of hydrogen-bond acceptors (Lipinski definition) is 6. The van der Waals surface area contributed by atoms with Gasteiger partial charge in [0.15, 0.2) is 28.4 Å². The van der Waals surface area contributed by atoms with Gasteiger partial charge in [-0.1, -0.05) is 0 Å². The highest BCUT2D eigenvalue weighted by atomic mass is 32.1. The van der Waals surface area contributed by atoms with E-state index in [0.29, 0.717) is 18.8 Å². The third-order valence-corrected chi connectivity index (χ3v) is 6.53. The smallest absolute Gasteiger partial charge is 0.293 e. The summed E-state index contributed by atoms with van der Waals surface area (Å²) >= 11 is 5.23. The van der Waals surface area contributed by atoms with E-state index in [1.165, 1.54) is 23.1 Å². The van der Waals surface area contributed by atoms with E-state index >= 15 is 0 Å². The molecule has 0 bridgehead atoms. The lowest BCUT2D eigenvalue weighted by Crippen LogP contribution is -2.53. The summed E-state index contributed by atoms with van der Waals surface area (Å²) < 4.78 is 68.6. The Balaban J connectivity index is 1.42. The minimum absolute atomic E-state index is 0.0204. The predicted octanol–water partition coefficient (Wildman–Crippen LogP) is 3.73. The molecule has 0 aliphatic carbocycles. The average molecular weight is 529 g/mol. The largest absolute Gasteiger partial charge is 0.366 e. The van der Waals surface area contributed by atoms with Crippen LogP contribution >= 0.6 is 12.2 Å². The van der Waals surface area contributed by atoms with Crippen molar-refractivity contribution in [2.75, 3.05) is 49.1 Å². The number of rotatable bonds is 4. The number of benzene rings is 2. The third-order valence-electron chi connectivity index (χ3n) is 6.17. The molecule has 2 aromatic carbocycles. The minimum Gasteiger partial charge on any atom is -0.366 e. The quantitative estimate of drug-likeness (QED) is 0.161.